The molecule has 5 nitrogen and oxygen atoms in total. The summed E-state index contributed by atoms with van der Waals surface area (Å²) in [6, 6.07) is 24.9. The third-order valence-electron chi connectivity index (χ3n) is 4.40. The van der Waals surface area contributed by atoms with E-state index in [1.165, 1.54) is 16.1 Å². The van der Waals surface area contributed by atoms with Crippen molar-refractivity contribution >= 4 is 33.4 Å². The zero-order chi connectivity index (χ0) is 21.6. The van der Waals surface area contributed by atoms with Crippen LogP contribution >= 0.6 is 11.8 Å². The lowest BCUT2D eigenvalue weighted by Gasteiger charge is -2.20. The van der Waals surface area contributed by atoms with E-state index in [4.69, 9.17) is 0 Å². The SMILES string of the molecule is Cc1ccc(CN(CC(=O)Nc2ccccc2Sc2ccccc2)S(C)(=O)=O)cc1. The second kappa shape index (κ2) is 9.93. The van der Waals surface area contributed by atoms with Gasteiger partial charge in [0.25, 0.3) is 0 Å². The lowest BCUT2D eigenvalue weighted by Crippen LogP contribution is -2.37. The molecule has 1 N–H and O–H groups in total. The van der Waals surface area contributed by atoms with Gasteiger partial charge in [0.05, 0.1) is 18.5 Å². The van der Waals surface area contributed by atoms with Crippen LogP contribution in [0, 0.1) is 6.92 Å². The van der Waals surface area contributed by atoms with Gasteiger partial charge in [0.2, 0.25) is 15.9 Å². The molecular weight excluding hydrogens is 416 g/mol. The quantitative estimate of drug-likeness (QED) is 0.558. The fourth-order valence-corrected chi connectivity index (χ4v) is 4.47. The standard InChI is InChI=1S/C23H24N2O3S2/c1-18-12-14-19(15-13-18)16-25(30(2,27)28)17-23(26)24-21-10-6-7-11-22(21)29-20-8-4-3-5-9-20/h3-15H,16-17H2,1-2H3,(H,24,26). The largest absolute Gasteiger partial charge is 0.324 e. The van der Waals surface area contributed by atoms with Gasteiger partial charge < -0.3 is 5.32 Å². The normalized spacial score (nSPS) is 11.4. The molecule has 1 amide bonds. The number of nitrogens with zero attached hydrogens (tertiary/aromatic N) is 1. The van der Waals surface area contributed by atoms with Crippen molar-refractivity contribution in [3.63, 3.8) is 0 Å². The molecule has 0 saturated carbocycles. The number of amides is 1. The van der Waals surface area contributed by atoms with E-state index in [0.717, 1.165) is 27.2 Å². The average molecular weight is 441 g/mol. The number of benzene rings is 3. The minimum Gasteiger partial charge on any atom is -0.324 e. The average Bonchev–Trinajstić information content (AvgIpc) is 2.71. The first-order valence-electron chi connectivity index (χ1n) is 9.44. The Labute approximate surface area is 182 Å². The van der Waals surface area contributed by atoms with Crippen molar-refractivity contribution in [3.8, 4) is 0 Å². The molecule has 0 saturated heterocycles. The Morgan fingerprint density at radius 2 is 1.57 bits per heavy atom. The van der Waals surface area contributed by atoms with Crippen LogP contribution in [0.5, 0.6) is 0 Å². The first kappa shape index (κ1) is 22.1. The lowest BCUT2D eigenvalue weighted by atomic mass is 10.1. The highest BCUT2D eigenvalue weighted by atomic mass is 32.2. The Balaban J connectivity index is 1.72. The predicted molar refractivity (Wildman–Crippen MR) is 122 cm³/mol. The zero-order valence-corrected chi connectivity index (χ0v) is 18.5. The van der Waals surface area contributed by atoms with E-state index in [2.05, 4.69) is 5.32 Å². The van der Waals surface area contributed by atoms with Crippen LogP contribution in [0.3, 0.4) is 0 Å². The molecule has 0 aromatic heterocycles. The van der Waals surface area contributed by atoms with E-state index >= 15 is 0 Å². The predicted octanol–water partition coefficient (Wildman–Crippen LogP) is 4.55. The highest BCUT2D eigenvalue weighted by molar-refractivity contribution is 7.99. The van der Waals surface area contributed by atoms with Gasteiger partial charge in [0.1, 0.15) is 0 Å². The molecule has 0 aliphatic rings. The summed E-state index contributed by atoms with van der Waals surface area (Å²) in [7, 11) is -3.55. The second-order valence-electron chi connectivity index (χ2n) is 6.98. The molecule has 0 spiro atoms. The van der Waals surface area contributed by atoms with Crippen LogP contribution < -0.4 is 5.32 Å². The fourth-order valence-electron chi connectivity index (χ4n) is 2.81. The highest BCUT2D eigenvalue weighted by Crippen LogP contribution is 2.33. The smallest absolute Gasteiger partial charge is 0.239 e. The van der Waals surface area contributed by atoms with E-state index in [-0.39, 0.29) is 19.0 Å². The number of hydrogen-bond acceptors (Lipinski definition) is 4. The molecule has 156 valence electrons. The Morgan fingerprint density at radius 1 is 0.933 bits per heavy atom. The number of hydrogen-bond donors (Lipinski definition) is 1. The maximum Gasteiger partial charge on any atom is 0.239 e. The van der Waals surface area contributed by atoms with E-state index in [0.29, 0.717) is 5.69 Å². The number of carbonyl (C=O) groups is 1. The first-order chi connectivity index (χ1) is 14.3. The van der Waals surface area contributed by atoms with Gasteiger partial charge in [0.15, 0.2) is 0 Å². The molecule has 0 radical (unpaired) electrons. The maximum atomic E-state index is 12.7. The molecule has 0 aliphatic heterocycles. The van der Waals surface area contributed by atoms with Crippen molar-refractivity contribution in [1.82, 2.24) is 4.31 Å². The first-order valence-corrected chi connectivity index (χ1v) is 12.1. The molecule has 0 aliphatic carbocycles. The molecule has 0 atom stereocenters. The van der Waals surface area contributed by atoms with Gasteiger partial charge in [-0.15, -0.1) is 0 Å². The van der Waals surface area contributed by atoms with Crippen LogP contribution in [0.15, 0.2) is 88.7 Å². The molecule has 0 heterocycles. The van der Waals surface area contributed by atoms with Crippen molar-refractivity contribution in [3.05, 3.63) is 90.0 Å². The Hall–Kier alpha value is -2.61. The van der Waals surface area contributed by atoms with E-state index in [9.17, 15) is 13.2 Å². The monoisotopic (exact) mass is 440 g/mol. The summed E-state index contributed by atoms with van der Waals surface area (Å²) in [6.45, 7) is 1.86. The fraction of sp³-hybridized carbons (Fsp3) is 0.174. The van der Waals surface area contributed by atoms with Crippen molar-refractivity contribution in [2.75, 3.05) is 18.1 Å². The zero-order valence-electron chi connectivity index (χ0n) is 16.9. The second-order valence-corrected chi connectivity index (χ2v) is 10.1. The van der Waals surface area contributed by atoms with E-state index in [1.54, 1.807) is 0 Å². The lowest BCUT2D eigenvalue weighted by molar-refractivity contribution is -0.116. The molecule has 3 aromatic carbocycles. The third kappa shape index (κ3) is 6.45. The van der Waals surface area contributed by atoms with Crippen molar-refractivity contribution in [2.24, 2.45) is 0 Å². The van der Waals surface area contributed by atoms with E-state index in [1.807, 2.05) is 85.8 Å². The van der Waals surface area contributed by atoms with Gasteiger partial charge in [0, 0.05) is 16.3 Å². The van der Waals surface area contributed by atoms with Crippen molar-refractivity contribution < 1.29 is 13.2 Å². The summed E-state index contributed by atoms with van der Waals surface area (Å²) in [6.07, 6.45) is 1.12. The summed E-state index contributed by atoms with van der Waals surface area (Å²) in [5.74, 6) is -0.381. The maximum absolute atomic E-state index is 12.7. The van der Waals surface area contributed by atoms with Gasteiger partial charge in [-0.1, -0.05) is 71.9 Å². The molecular formula is C23H24N2O3S2. The summed E-state index contributed by atoms with van der Waals surface area (Å²) in [5, 5.41) is 2.86. The Kier molecular flexibility index (Phi) is 7.31. The summed E-state index contributed by atoms with van der Waals surface area (Å²) in [5.41, 5.74) is 2.58. The van der Waals surface area contributed by atoms with Crippen LogP contribution in [0.1, 0.15) is 11.1 Å². The summed E-state index contributed by atoms with van der Waals surface area (Å²) >= 11 is 1.54. The van der Waals surface area contributed by atoms with Gasteiger partial charge in [-0.3, -0.25) is 4.79 Å². The minimum absolute atomic E-state index is 0.146. The van der Waals surface area contributed by atoms with Crippen molar-refractivity contribution in [2.45, 2.75) is 23.3 Å². The number of para-hydroxylation sites is 1. The third-order valence-corrected chi connectivity index (χ3v) is 6.68. The number of rotatable bonds is 8. The van der Waals surface area contributed by atoms with Gasteiger partial charge in [-0.25, -0.2) is 8.42 Å². The number of sulfonamides is 1. The molecule has 3 aromatic rings. The van der Waals surface area contributed by atoms with Crippen LogP contribution in [0.4, 0.5) is 5.69 Å². The van der Waals surface area contributed by atoms with Gasteiger partial charge in [-0.05, 0) is 36.8 Å². The summed E-state index contributed by atoms with van der Waals surface area (Å²) < 4.78 is 25.7. The number of anilines is 1. The minimum atomic E-state index is -3.55. The molecule has 3 rings (SSSR count). The van der Waals surface area contributed by atoms with Gasteiger partial charge >= 0.3 is 0 Å². The summed E-state index contributed by atoms with van der Waals surface area (Å²) in [4.78, 5) is 14.6. The molecule has 30 heavy (non-hydrogen) atoms. The Morgan fingerprint density at radius 3 is 2.23 bits per heavy atom. The van der Waals surface area contributed by atoms with Crippen LogP contribution in [-0.4, -0.2) is 31.4 Å². The number of carbonyl (C=O) groups excluding carboxylic acids is 1. The van der Waals surface area contributed by atoms with Crippen LogP contribution in [0.25, 0.3) is 0 Å². The van der Waals surface area contributed by atoms with Crippen molar-refractivity contribution in [1.29, 1.82) is 0 Å². The molecule has 7 heteroatoms. The number of nitrogens with one attached hydrogen (secondary N) is 1. The van der Waals surface area contributed by atoms with Crippen LogP contribution in [0.2, 0.25) is 0 Å². The molecule has 0 bridgehead atoms. The molecule has 0 fully saturated rings. The molecule has 0 unspecified atom stereocenters. The van der Waals surface area contributed by atoms with Crippen LogP contribution in [-0.2, 0) is 21.4 Å². The highest BCUT2D eigenvalue weighted by Gasteiger charge is 2.21. The van der Waals surface area contributed by atoms with Gasteiger partial charge in [-0.2, -0.15) is 4.31 Å². The topological polar surface area (TPSA) is 66.5 Å². The van der Waals surface area contributed by atoms with E-state index < -0.39 is 10.0 Å². The number of aryl methyl sites for hydroxylation is 1. The Bertz CT molecular complexity index is 1100.